The molecule has 1 fully saturated rings. The van der Waals surface area contributed by atoms with Gasteiger partial charge in [-0.1, -0.05) is 0 Å². The third kappa shape index (κ3) is 1.80. The Morgan fingerprint density at radius 2 is 2.35 bits per heavy atom. The SMILES string of the molecule is COC1CCN(c2nc3ccc(N)cn3n2)C1. The van der Waals surface area contributed by atoms with Gasteiger partial charge in [-0.05, 0) is 18.6 Å². The highest BCUT2D eigenvalue weighted by Crippen LogP contribution is 2.19. The van der Waals surface area contributed by atoms with Crippen LogP contribution in [0.5, 0.6) is 0 Å². The number of rotatable bonds is 2. The minimum Gasteiger partial charge on any atom is -0.397 e. The van der Waals surface area contributed by atoms with Crippen molar-refractivity contribution in [1.82, 2.24) is 14.6 Å². The molecule has 0 aromatic carbocycles. The summed E-state index contributed by atoms with van der Waals surface area (Å²) in [5.41, 5.74) is 7.21. The first-order chi connectivity index (χ1) is 8.26. The number of nitrogen functional groups attached to an aromatic ring is 1. The Bertz CT molecular complexity index is 538. The second-order valence-electron chi connectivity index (χ2n) is 4.27. The fourth-order valence-electron chi connectivity index (χ4n) is 2.12. The maximum Gasteiger partial charge on any atom is 0.245 e. The van der Waals surface area contributed by atoms with Gasteiger partial charge in [0.25, 0.3) is 0 Å². The van der Waals surface area contributed by atoms with E-state index in [2.05, 4.69) is 15.0 Å². The zero-order chi connectivity index (χ0) is 11.8. The number of anilines is 2. The first kappa shape index (κ1) is 10.3. The van der Waals surface area contributed by atoms with E-state index in [1.165, 1.54) is 0 Å². The lowest BCUT2D eigenvalue weighted by molar-refractivity contribution is 0.121. The second kappa shape index (κ2) is 3.89. The molecule has 0 amide bonds. The molecule has 0 bridgehead atoms. The van der Waals surface area contributed by atoms with Gasteiger partial charge in [0.05, 0.1) is 18.0 Å². The molecule has 0 radical (unpaired) electrons. The van der Waals surface area contributed by atoms with Crippen LogP contribution in [0.25, 0.3) is 5.65 Å². The molecule has 1 saturated heterocycles. The van der Waals surface area contributed by atoms with Gasteiger partial charge in [-0.15, -0.1) is 5.10 Å². The lowest BCUT2D eigenvalue weighted by Crippen LogP contribution is -2.23. The molecule has 1 aliphatic heterocycles. The molecule has 1 aliphatic rings. The largest absolute Gasteiger partial charge is 0.397 e. The van der Waals surface area contributed by atoms with Crippen LogP contribution in [0, 0.1) is 0 Å². The number of aromatic nitrogens is 3. The van der Waals surface area contributed by atoms with Crippen molar-refractivity contribution < 1.29 is 4.74 Å². The maximum atomic E-state index is 5.71. The third-order valence-corrected chi connectivity index (χ3v) is 3.10. The van der Waals surface area contributed by atoms with Crippen LogP contribution in [-0.2, 0) is 4.74 Å². The van der Waals surface area contributed by atoms with Crippen LogP contribution < -0.4 is 10.6 Å². The lowest BCUT2D eigenvalue weighted by Gasteiger charge is -2.12. The average Bonchev–Trinajstić information content (AvgIpc) is 2.93. The summed E-state index contributed by atoms with van der Waals surface area (Å²) in [4.78, 5) is 6.61. The first-order valence-corrected chi connectivity index (χ1v) is 5.66. The number of methoxy groups -OCH3 is 1. The molecule has 90 valence electrons. The molecule has 2 aromatic rings. The summed E-state index contributed by atoms with van der Waals surface area (Å²) < 4.78 is 7.05. The van der Waals surface area contributed by atoms with Gasteiger partial charge in [-0.2, -0.15) is 4.98 Å². The molecule has 3 rings (SSSR count). The van der Waals surface area contributed by atoms with Gasteiger partial charge in [-0.3, -0.25) is 0 Å². The van der Waals surface area contributed by atoms with Gasteiger partial charge in [0.15, 0.2) is 5.65 Å². The zero-order valence-electron chi connectivity index (χ0n) is 9.71. The molecule has 6 nitrogen and oxygen atoms in total. The molecular weight excluding hydrogens is 218 g/mol. The summed E-state index contributed by atoms with van der Waals surface area (Å²) in [5.74, 6) is 0.746. The van der Waals surface area contributed by atoms with Gasteiger partial charge in [-0.25, -0.2) is 4.52 Å². The topological polar surface area (TPSA) is 68.7 Å². The van der Waals surface area contributed by atoms with Crippen molar-refractivity contribution in [3.63, 3.8) is 0 Å². The highest BCUT2D eigenvalue weighted by molar-refractivity contribution is 5.50. The molecule has 2 aromatic heterocycles. The first-order valence-electron chi connectivity index (χ1n) is 5.66. The molecular formula is C11H15N5O. The van der Waals surface area contributed by atoms with Crippen molar-refractivity contribution in [2.24, 2.45) is 0 Å². The van der Waals surface area contributed by atoms with E-state index in [4.69, 9.17) is 10.5 Å². The number of nitrogens with zero attached hydrogens (tertiary/aromatic N) is 4. The summed E-state index contributed by atoms with van der Waals surface area (Å²) >= 11 is 0. The van der Waals surface area contributed by atoms with Crippen LogP contribution >= 0.6 is 0 Å². The number of nitrogens with two attached hydrogens (primary N) is 1. The van der Waals surface area contributed by atoms with Crippen LogP contribution in [-0.4, -0.2) is 40.9 Å². The molecule has 1 atom stereocenters. The van der Waals surface area contributed by atoms with Crippen LogP contribution in [0.3, 0.4) is 0 Å². The molecule has 17 heavy (non-hydrogen) atoms. The van der Waals surface area contributed by atoms with Crippen LogP contribution in [0.15, 0.2) is 18.3 Å². The molecule has 6 heteroatoms. The highest BCUT2D eigenvalue weighted by atomic mass is 16.5. The van der Waals surface area contributed by atoms with E-state index in [0.29, 0.717) is 5.69 Å². The predicted molar refractivity (Wildman–Crippen MR) is 65.0 cm³/mol. The summed E-state index contributed by atoms with van der Waals surface area (Å²) in [7, 11) is 1.74. The Morgan fingerprint density at radius 1 is 1.47 bits per heavy atom. The number of hydrogen-bond acceptors (Lipinski definition) is 5. The predicted octanol–water partition coefficient (Wildman–Crippen LogP) is 0.537. The van der Waals surface area contributed by atoms with Crippen molar-refractivity contribution in [2.75, 3.05) is 30.8 Å². The summed E-state index contributed by atoms with van der Waals surface area (Å²) in [6.07, 6.45) is 3.08. The lowest BCUT2D eigenvalue weighted by atomic mass is 10.3. The fraction of sp³-hybridized carbons (Fsp3) is 0.455. The Kier molecular flexibility index (Phi) is 2.36. The van der Waals surface area contributed by atoms with Crippen molar-refractivity contribution in [2.45, 2.75) is 12.5 Å². The Morgan fingerprint density at radius 3 is 3.12 bits per heavy atom. The smallest absolute Gasteiger partial charge is 0.245 e. The Hall–Kier alpha value is -1.82. The van der Waals surface area contributed by atoms with Crippen molar-refractivity contribution in [3.8, 4) is 0 Å². The molecule has 2 N–H and O–H groups in total. The van der Waals surface area contributed by atoms with Crippen LogP contribution in [0.4, 0.5) is 11.6 Å². The molecule has 0 spiro atoms. The number of hydrogen-bond donors (Lipinski definition) is 1. The van der Waals surface area contributed by atoms with Crippen molar-refractivity contribution in [1.29, 1.82) is 0 Å². The number of ether oxygens (including phenoxy) is 1. The Labute approximate surface area is 99.0 Å². The van der Waals surface area contributed by atoms with E-state index in [-0.39, 0.29) is 6.10 Å². The van der Waals surface area contributed by atoms with Gasteiger partial charge in [0.1, 0.15) is 0 Å². The highest BCUT2D eigenvalue weighted by Gasteiger charge is 2.24. The average molecular weight is 233 g/mol. The fourth-order valence-corrected chi connectivity index (χ4v) is 2.12. The van der Waals surface area contributed by atoms with E-state index in [9.17, 15) is 0 Å². The normalized spacial score (nSPS) is 20.3. The van der Waals surface area contributed by atoms with Gasteiger partial charge in [0.2, 0.25) is 5.95 Å². The summed E-state index contributed by atoms with van der Waals surface area (Å²) in [6, 6.07) is 3.70. The maximum absolute atomic E-state index is 5.71. The van der Waals surface area contributed by atoms with Crippen LogP contribution in [0.2, 0.25) is 0 Å². The van der Waals surface area contributed by atoms with Crippen LogP contribution in [0.1, 0.15) is 6.42 Å². The summed E-state index contributed by atoms with van der Waals surface area (Å²) in [5, 5.41) is 4.42. The van der Waals surface area contributed by atoms with E-state index in [1.54, 1.807) is 17.8 Å². The minimum absolute atomic E-state index is 0.284. The van der Waals surface area contributed by atoms with E-state index >= 15 is 0 Å². The second-order valence-corrected chi connectivity index (χ2v) is 4.27. The van der Waals surface area contributed by atoms with Gasteiger partial charge < -0.3 is 15.4 Å². The van der Waals surface area contributed by atoms with E-state index < -0.39 is 0 Å². The number of fused-ring (bicyclic) bond motifs is 1. The Balaban J connectivity index is 1.91. The molecule has 3 heterocycles. The van der Waals surface area contributed by atoms with Crippen molar-refractivity contribution in [3.05, 3.63) is 18.3 Å². The third-order valence-electron chi connectivity index (χ3n) is 3.10. The number of pyridine rings is 1. The minimum atomic E-state index is 0.284. The monoisotopic (exact) mass is 233 g/mol. The molecule has 1 unspecified atom stereocenters. The van der Waals surface area contributed by atoms with Gasteiger partial charge in [0, 0.05) is 20.2 Å². The molecule has 0 aliphatic carbocycles. The zero-order valence-corrected chi connectivity index (χ0v) is 9.71. The standard InChI is InChI=1S/C11H15N5O/c1-17-9-4-5-15(7-9)11-13-10-3-2-8(12)6-16(10)14-11/h2-3,6,9H,4-5,7,12H2,1H3. The van der Waals surface area contributed by atoms with E-state index in [1.807, 2.05) is 12.1 Å². The van der Waals surface area contributed by atoms with Crippen molar-refractivity contribution >= 4 is 17.3 Å². The molecule has 0 saturated carbocycles. The van der Waals surface area contributed by atoms with Gasteiger partial charge >= 0.3 is 0 Å². The summed E-state index contributed by atoms with van der Waals surface area (Å²) in [6.45, 7) is 1.79. The quantitative estimate of drug-likeness (QED) is 0.819. The van der Waals surface area contributed by atoms with E-state index in [0.717, 1.165) is 31.1 Å².